The molecule has 0 spiro atoms. The van der Waals surface area contributed by atoms with E-state index in [0.717, 1.165) is 6.92 Å². The molecule has 0 saturated carbocycles. The van der Waals surface area contributed by atoms with Crippen molar-refractivity contribution in [3.8, 4) is 0 Å². The maximum Gasteiger partial charge on any atom is 2.00 e. The number of aliphatic carboxylic acids is 1. The van der Waals surface area contributed by atoms with Crippen LogP contribution in [0, 0.1) is 0 Å². The van der Waals surface area contributed by atoms with Crippen LogP contribution in [-0.2, 0) is 4.79 Å². The predicted octanol–water partition coefficient (Wildman–Crippen LogP) is -3.10. The summed E-state index contributed by atoms with van der Waals surface area (Å²) in [4.78, 5) is 9.00. The van der Waals surface area contributed by atoms with Crippen LogP contribution in [0.3, 0.4) is 0 Å². The SMILES string of the molecule is CC(=O)O.[Ca+2].[H-].[H-].[H-].[H-].[H-].[K+].[Mg+2]. The molecule has 0 fully saturated rings. The topological polar surface area (TPSA) is 37.3 Å². The second-order valence-electron chi connectivity index (χ2n) is 0.519. The van der Waals surface area contributed by atoms with Gasteiger partial charge in [0.2, 0.25) is 0 Å². The molecule has 0 amide bonds. The molecule has 34 valence electrons. The fourth-order valence-electron chi connectivity index (χ4n) is 0. The van der Waals surface area contributed by atoms with Crippen LogP contribution in [0.2, 0.25) is 0 Å². The van der Waals surface area contributed by atoms with Gasteiger partial charge in [-0.2, -0.15) is 0 Å². The molecule has 0 aromatic rings. The van der Waals surface area contributed by atoms with Crippen LogP contribution in [0.4, 0.5) is 0 Å². The second-order valence-corrected chi connectivity index (χ2v) is 0.519. The van der Waals surface area contributed by atoms with E-state index in [-0.39, 0.29) is 119 Å². The standard InChI is InChI=1S/C2H4O2.Ca.K.Mg.5H/c1-2(3)4;;;;;;;;/h1H3,(H,3,4);;;;;;;;/q;+2;+1;+2;5*-1. The van der Waals surface area contributed by atoms with Gasteiger partial charge in [0.25, 0.3) is 5.97 Å². The molecular weight excluding hydrogens is 160 g/mol. The molecule has 0 aromatic carbocycles. The summed E-state index contributed by atoms with van der Waals surface area (Å²) in [5.74, 6) is -0.833. The molecule has 0 rings (SSSR count). The zero-order valence-electron chi connectivity index (χ0n) is 9.77. The third-order valence-corrected chi connectivity index (χ3v) is 0. The molecule has 7 heavy (non-hydrogen) atoms. The van der Waals surface area contributed by atoms with Crippen LogP contribution in [0.5, 0.6) is 0 Å². The minimum absolute atomic E-state index is 0. The fourth-order valence-corrected chi connectivity index (χ4v) is 0. The summed E-state index contributed by atoms with van der Waals surface area (Å²) >= 11 is 0. The molecule has 0 heterocycles. The van der Waals surface area contributed by atoms with Gasteiger partial charge in [-0.25, -0.2) is 0 Å². The first kappa shape index (κ1) is 22.5. The van der Waals surface area contributed by atoms with E-state index < -0.39 is 5.97 Å². The summed E-state index contributed by atoms with van der Waals surface area (Å²) in [6.07, 6.45) is 0. The van der Waals surface area contributed by atoms with E-state index in [9.17, 15) is 0 Å². The molecule has 0 aliphatic carbocycles. The number of hydrogen-bond donors (Lipinski definition) is 1. The number of hydrogen-bond acceptors (Lipinski definition) is 1. The van der Waals surface area contributed by atoms with Crippen molar-refractivity contribution in [2.24, 2.45) is 0 Å². The van der Waals surface area contributed by atoms with Crippen molar-refractivity contribution < 1.29 is 68.4 Å². The molecule has 0 aliphatic heterocycles. The maximum atomic E-state index is 9.00. The molecule has 0 saturated heterocycles. The first-order valence-corrected chi connectivity index (χ1v) is 0.928. The van der Waals surface area contributed by atoms with Gasteiger partial charge < -0.3 is 12.2 Å². The van der Waals surface area contributed by atoms with E-state index in [4.69, 9.17) is 9.90 Å². The van der Waals surface area contributed by atoms with E-state index in [0.29, 0.717) is 0 Å². The smallest absolute Gasteiger partial charge is 1.00 e. The minimum atomic E-state index is -0.833. The van der Waals surface area contributed by atoms with Crippen LogP contribution >= 0.6 is 0 Å². The van der Waals surface area contributed by atoms with Gasteiger partial charge in [0.15, 0.2) is 0 Å². The summed E-state index contributed by atoms with van der Waals surface area (Å²) in [5, 5.41) is 7.42. The van der Waals surface area contributed by atoms with Gasteiger partial charge in [0, 0.05) is 6.92 Å². The van der Waals surface area contributed by atoms with Crippen molar-refractivity contribution in [1.82, 2.24) is 0 Å². The molecule has 1 N–H and O–H groups in total. The van der Waals surface area contributed by atoms with E-state index in [2.05, 4.69) is 0 Å². The summed E-state index contributed by atoms with van der Waals surface area (Å²) < 4.78 is 0. The Morgan fingerprint density at radius 3 is 1.71 bits per heavy atom. The zero-order valence-corrected chi connectivity index (χ0v) is 11.5. The van der Waals surface area contributed by atoms with E-state index in [1.54, 1.807) is 0 Å². The van der Waals surface area contributed by atoms with Crippen LogP contribution < -0.4 is 51.4 Å². The normalized spacial score (nSPS) is 3.57. The van der Waals surface area contributed by atoms with Crippen LogP contribution in [-0.4, -0.2) is 71.9 Å². The molecule has 0 atom stereocenters. The van der Waals surface area contributed by atoms with E-state index >= 15 is 0 Å². The molecule has 0 aliphatic rings. The first-order valence-electron chi connectivity index (χ1n) is 0.928. The summed E-state index contributed by atoms with van der Waals surface area (Å²) in [6.45, 7) is 1.08. The first-order chi connectivity index (χ1) is 1.73. The number of carbonyl (C=O) groups is 1. The van der Waals surface area contributed by atoms with Gasteiger partial charge in [-0.15, -0.1) is 0 Å². The molecule has 0 radical (unpaired) electrons. The van der Waals surface area contributed by atoms with E-state index in [1.165, 1.54) is 0 Å². The second kappa shape index (κ2) is 16.1. The minimum Gasteiger partial charge on any atom is -1.00 e. The molecule has 5 heteroatoms. The summed E-state index contributed by atoms with van der Waals surface area (Å²) in [5.41, 5.74) is 0. The quantitative estimate of drug-likeness (QED) is 0.389. The zero-order chi connectivity index (χ0) is 3.58. The Labute approximate surface area is 139 Å². The molecular formula is C2H9CaKMgO2. The number of carboxylic acids is 1. The Balaban J connectivity index is -0.00000000161. The van der Waals surface area contributed by atoms with Crippen molar-refractivity contribution in [1.29, 1.82) is 0 Å². The number of rotatable bonds is 0. The molecule has 0 aromatic heterocycles. The Morgan fingerprint density at radius 2 is 1.71 bits per heavy atom. The largest absolute Gasteiger partial charge is 2.00 e. The van der Waals surface area contributed by atoms with Gasteiger partial charge in [-0.3, -0.25) is 4.79 Å². The Hall–Kier alpha value is 3.13. The summed E-state index contributed by atoms with van der Waals surface area (Å²) in [6, 6.07) is 0. The molecule has 0 unspecified atom stereocenters. The Kier molecular flexibility index (Phi) is 51.6. The van der Waals surface area contributed by atoms with Gasteiger partial charge in [0.05, 0.1) is 0 Å². The predicted molar refractivity (Wildman–Crippen MR) is 30.4 cm³/mol. The van der Waals surface area contributed by atoms with Crippen LogP contribution in [0.1, 0.15) is 14.1 Å². The van der Waals surface area contributed by atoms with Crippen LogP contribution in [0.15, 0.2) is 0 Å². The third-order valence-electron chi connectivity index (χ3n) is 0. The Morgan fingerprint density at radius 1 is 1.71 bits per heavy atom. The molecule has 2 nitrogen and oxygen atoms in total. The van der Waals surface area contributed by atoms with Crippen molar-refractivity contribution in [2.45, 2.75) is 6.92 Å². The van der Waals surface area contributed by atoms with Crippen molar-refractivity contribution in [3.05, 3.63) is 0 Å². The van der Waals surface area contributed by atoms with Crippen LogP contribution in [0.25, 0.3) is 0 Å². The van der Waals surface area contributed by atoms with Crippen molar-refractivity contribution >= 4 is 66.8 Å². The maximum absolute atomic E-state index is 9.00. The average molecular weight is 169 g/mol. The summed E-state index contributed by atoms with van der Waals surface area (Å²) in [7, 11) is 0. The number of carboxylic acid groups (broad SMARTS) is 1. The molecule has 0 bridgehead atoms. The monoisotopic (exact) mass is 168 g/mol. The average Bonchev–Trinajstić information content (AvgIpc) is 0.811. The van der Waals surface area contributed by atoms with Gasteiger partial charge in [-0.05, 0) is 0 Å². The van der Waals surface area contributed by atoms with Gasteiger partial charge in [0.1, 0.15) is 0 Å². The Bertz CT molecular complexity index is 50.4. The van der Waals surface area contributed by atoms with E-state index in [1.807, 2.05) is 0 Å². The van der Waals surface area contributed by atoms with Gasteiger partial charge in [-0.1, -0.05) is 0 Å². The van der Waals surface area contributed by atoms with Gasteiger partial charge >= 0.3 is 112 Å². The fraction of sp³-hybridized carbons (Fsp3) is 0.500. The van der Waals surface area contributed by atoms with Crippen molar-refractivity contribution in [2.75, 3.05) is 0 Å². The third kappa shape index (κ3) is 47.3. The van der Waals surface area contributed by atoms with Crippen molar-refractivity contribution in [3.63, 3.8) is 0 Å².